The second-order valence-corrected chi connectivity index (χ2v) is 7.69. The summed E-state index contributed by atoms with van der Waals surface area (Å²) in [5, 5.41) is 6.91. The van der Waals surface area contributed by atoms with Crippen LogP contribution in [0.4, 0.5) is 5.82 Å². The summed E-state index contributed by atoms with van der Waals surface area (Å²) in [6.45, 7) is 2.47. The van der Waals surface area contributed by atoms with Crippen LogP contribution >= 0.6 is 0 Å². The first-order valence-electron chi connectivity index (χ1n) is 9.53. The predicted octanol–water partition coefficient (Wildman–Crippen LogP) is 1.59. The number of carbonyl (C=O) groups excluding carboxylic acids is 2. The number of benzene rings is 1. The Hall–Kier alpha value is -3.13. The van der Waals surface area contributed by atoms with Crippen LogP contribution in [0.25, 0.3) is 0 Å². The molecule has 4 heterocycles. The number of methoxy groups -OCH3 is 1. The Balaban J connectivity index is 1.33. The molecule has 0 radical (unpaired) electrons. The topological polar surface area (TPSA) is 93.9 Å². The van der Waals surface area contributed by atoms with Gasteiger partial charge in [-0.25, -0.2) is 0 Å². The number of ether oxygens (including phenoxy) is 2. The molecule has 2 bridgehead atoms. The molecule has 1 spiro atoms. The number of amides is 2. The number of hydrogen-bond donors (Lipinski definition) is 1. The van der Waals surface area contributed by atoms with E-state index in [1.165, 1.54) is 0 Å². The van der Waals surface area contributed by atoms with Gasteiger partial charge in [-0.3, -0.25) is 14.5 Å². The summed E-state index contributed by atoms with van der Waals surface area (Å²) in [7, 11) is 1.61. The van der Waals surface area contributed by atoms with Crippen molar-refractivity contribution >= 4 is 17.6 Å². The Morgan fingerprint density at radius 3 is 2.86 bits per heavy atom. The number of carbonyl (C=O) groups is 2. The van der Waals surface area contributed by atoms with E-state index in [0.29, 0.717) is 24.7 Å². The minimum absolute atomic E-state index is 0.158. The van der Waals surface area contributed by atoms with Gasteiger partial charge in [0.2, 0.25) is 11.8 Å². The molecule has 3 aliphatic heterocycles. The van der Waals surface area contributed by atoms with Gasteiger partial charge in [-0.2, -0.15) is 0 Å². The standard InChI is InChI=1S/C21H21N3O5/c1-12-9-16(23-29-12)24-11-21-8-7-15(28-21)17(18(21)20(24)26)19(25)22-10-13-3-5-14(27-2)6-4-13/h3-9,15,17-18H,10-11H2,1-2H3,(H,22,25)/t15-,17?,18?,21+/m1/s1. The zero-order chi connectivity index (χ0) is 20.2. The zero-order valence-electron chi connectivity index (χ0n) is 16.1. The second kappa shape index (κ2) is 6.45. The van der Waals surface area contributed by atoms with Gasteiger partial charge in [0.15, 0.2) is 5.82 Å². The van der Waals surface area contributed by atoms with Crippen molar-refractivity contribution in [3.8, 4) is 5.75 Å². The lowest BCUT2D eigenvalue weighted by Crippen LogP contribution is -2.44. The highest BCUT2D eigenvalue weighted by molar-refractivity contribution is 6.02. The van der Waals surface area contributed by atoms with Gasteiger partial charge in [0, 0.05) is 12.6 Å². The van der Waals surface area contributed by atoms with Crippen molar-refractivity contribution in [3.63, 3.8) is 0 Å². The van der Waals surface area contributed by atoms with Crippen molar-refractivity contribution < 1.29 is 23.6 Å². The van der Waals surface area contributed by atoms with Crippen LogP contribution in [0.5, 0.6) is 5.75 Å². The van der Waals surface area contributed by atoms with E-state index in [4.69, 9.17) is 14.0 Å². The van der Waals surface area contributed by atoms with Gasteiger partial charge in [0.25, 0.3) is 0 Å². The molecule has 1 aromatic carbocycles. The number of aryl methyl sites for hydroxylation is 1. The fourth-order valence-corrected chi connectivity index (χ4v) is 4.52. The number of aromatic nitrogens is 1. The van der Waals surface area contributed by atoms with Crippen molar-refractivity contribution in [1.29, 1.82) is 0 Å². The summed E-state index contributed by atoms with van der Waals surface area (Å²) in [5.41, 5.74) is 0.169. The summed E-state index contributed by atoms with van der Waals surface area (Å²) in [4.78, 5) is 27.7. The lowest BCUT2D eigenvalue weighted by Gasteiger charge is -2.23. The van der Waals surface area contributed by atoms with Crippen molar-refractivity contribution in [3.05, 3.63) is 53.8 Å². The third-order valence-electron chi connectivity index (χ3n) is 5.92. The maximum absolute atomic E-state index is 13.2. The summed E-state index contributed by atoms with van der Waals surface area (Å²) in [6, 6.07) is 9.20. The summed E-state index contributed by atoms with van der Waals surface area (Å²) in [6.07, 6.45) is 3.42. The van der Waals surface area contributed by atoms with Gasteiger partial charge in [-0.15, -0.1) is 0 Å². The average molecular weight is 395 g/mol. The van der Waals surface area contributed by atoms with Gasteiger partial charge >= 0.3 is 0 Å². The van der Waals surface area contributed by atoms with Crippen LogP contribution < -0.4 is 15.0 Å². The van der Waals surface area contributed by atoms with Gasteiger partial charge in [-0.05, 0) is 24.6 Å². The maximum Gasteiger partial charge on any atom is 0.235 e. The van der Waals surface area contributed by atoms with Crippen LogP contribution in [0.15, 0.2) is 47.0 Å². The zero-order valence-corrected chi connectivity index (χ0v) is 16.1. The number of nitrogens with zero attached hydrogens (tertiary/aromatic N) is 2. The largest absolute Gasteiger partial charge is 0.497 e. The van der Waals surface area contributed by atoms with E-state index >= 15 is 0 Å². The first-order valence-corrected chi connectivity index (χ1v) is 9.53. The molecule has 2 fully saturated rings. The molecule has 2 unspecified atom stereocenters. The quantitative estimate of drug-likeness (QED) is 0.773. The van der Waals surface area contributed by atoms with Crippen LogP contribution in [0.3, 0.4) is 0 Å². The molecule has 1 aromatic heterocycles. The highest BCUT2D eigenvalue weighted by atomic mass is 16.5. The minimum Gasteiger partial charge on any atom is -0.497 e. The molecule has 2 aromatic rings. The second-order valence-electron chi connectivity index (χ2n) is 7.69. The van der Waals surface area contributed by atoms with E-state index in [9.17, 15) is 9.59 Å². The van der Waals surface area contributed by atoms with Gasteiger partial charge in [0.1, 0.15) is 17.1 Å². The molecule has 5 rings (SSSR count). The van der Waals surface area contributed by atoms with E-state index in [2.05, 4.69) is 10.5 Å². The third kappa shape index (κ3) is 2.74. The predicted molar refractivity (Wildman–Crippen MR) is 102 cm³/mol. The average Bonchev–Trinajstić information content (AvgIpc) is 3.47. The Morgan fingerprint density at radius 2 is 2.17 bits per heavy atom. The lowest BCUT2D eigenvalue weighted by atomic mass is 9.77. The molecule has 4 atom stereocenters. The molecular formula is C21H21N3O5. The summed E-state index contributed by atoms with van der Waals surface area (Å²) >= 11 is 0. The molecule has 3 aliphatic rings. The Morgan fingerprint density at radius 1 is 1.38 bits per heavy atom. The number of rotatable bonds is 5. The Labute approximate surface area is 167 Å². The minimum atomic E-state index is -0.781. The smallest absolute Gasteiger partial charge is 0.235 e. The van der Waals surface area contributed by atoms with Crippen molar-refractivity contribution in [1.82, 2.24) is 10.5 Å². The van der Waals surface area contributed by atoms with E-state index in [0.717, 1.165) is 11.3 Å². The van der Waals surface area contributed by atoms with Crippen LogP contribution in [-0.2, 0) is 20.9 Å². The molecule has 29 heavy (non-hydrogen) atoms. The van der Waals surface area contributed by atoms with Crippen LogP contribution in [-0.4, -0.2) is 42.3 Å². The van der Waals surface area contributed by atoms with Gasteiger partial charge in [-0.1, -0.05) is 29.4 Å². The monoisotopic (exact) mass is 395 g/mol. The fourth-order valence-electron chi connectivity index (χ4n) is 4.52. The third-order valence-corrected chi connectivity index (χ3v) is 5.92. The molecule has 8 nitrogen and oxygen atoms in total. The molecular weight excluding hydrogens is 374 g/mol. The molecule has 2 saturated heterocycles. The molecule has 8 heteroatoms. The number of anilines is 1. The van der Waals surface area contributed by atoms with Crippen molar-refractivity contribution in [2.75, 3.05) is 18.6 Å². The highest BCUT2D eigenvalue weighted by Crippen LogP contribution is 2.52. The molecule has 0 saturated carbocycles. The van der Waals surface area contributed by atoms with Crippen LogP contribution in [0, 0.1) is 18.8 Å². The number of hydrogen-bond acceptors (Lipinski definition) is 6. The SMILES string of the molecule is COc1ccc(CNC(=O)C2C3C(=O)N(c4cc(C)on4)C[C@@]34C=C[C@H]2O4)cc1. The Kier molecular flexibility index (Phi) is 3.99. The van der Waals surface area contributed by atoms with Crippen molar-refractivity contribution in [2.45, 2.75) is 25.2 Å². The fraction of sp³-hybridized carbons (Fsp3) is 0.381. The summed E-state index contributed by atoms with van der Waals surface area (Å²) in [5.74, 6) is 0.358. The van der Waals surface area contributed by atoms with Gasteiger partial charge in [0.05, 0.1) is 31.6 Å². The van der Waals surface area contributed by atoms with E-state index < -0.39 is 17.4 Å². The molecule has 2 amide bonds. The number of nitrogens with one attached hydrogen (secondary N) is 1. The van der Waals surface area contributed by atoms with E-state index in [1.54, 1.807) is 25.0 Å². The van der Waals surface area contributed by atoms with Crippen LogP contribution in [0.2, 0.25) is 0 Å². The normalized spacial score (nSPS) is 29.4. The van der Waals surface area contributed by atoms with E-state index in [1.807, 2.05) is 36.4 Å². The first kappa shape index (κ1) is 17.9. The van der Waals surface area contributed by atoms with Gasteiger partial charge < -0.3 is 19.3 Å². The highest BCUT2D eigenvalue weighted by Gasteiger charge is 2.67. The summed E-state index contributed by atoms with van der Waals surface area (Å²) < 4.78 is 16.4. The van der Waals surface area contributed by atoms with Crippen LogP contribution in [0.1, 0.15) is 11.3 Å². The molecule has 1 N–H and O–H groups in total. The molecule has 150 valence electrons. The number of fused-ring (bicyclic) bond motifs is 1. The Bertz CT molecular complexity index is 998. The lowest BCUT2D eigenvalue weighted by molar-refractivity contribution is -0.132. The maximum atomic E-state index is 13.2. The van der Waals surface area contributed by atoms with Crippen molar-refractivity contribution in [2.24, 2.45) is 11.8 Å². The van der Waals surface area contributed by atoms with E-state index in [-0.39, 0.29) is 17.9 Å². The first-order chi connectivity index (χ1) is 14.0. The molecule has 0 aliphatic carbocycles.